The first-order valence-corrected chi connectivity index (χ1v) is 8.70. The molecule has 0 aliphatic heterocycles. The highest BCUT2D eigenvalue weighted by Crippen LogP contribution is 2.17. The topological polar surface area (TPSA) is 74.8 Å². The van der Waals surface area contributed by atoms with Crippen LogP contribution in [0.15, 0.2) is 53.5 Å². The second-order valence-corrected chi connectivity index (χ2v) is 6.06. The van der Waals surface area contributed by atoms with E-state index in [1.807, 2.05) is 38.1 Å². The molecule has 1 unspecified atom stereocenters. The van der Waals surface area contributed by atoms with Gasteiger partial charge in [0.05, 0.1) is 13.1 Å². The highest BCUT2D eigenvalue weighted by Gasteiger charge is 2.09. The molecular formula is C20H26FIN4O2. The van der Waals surface area contributed by atoms with E-state index in [0.717, 1.165) is 11.3 Å². The van der Waals surface area contributed by atoms with Crippen molar-refractivity contribution in [2.45, 2.75) is 20.0 Å². The van der Waals surface area contributed by atoms with Crippen molar-refractivity contribution in [3.63, 3.8) is 0 Å². The van der Waals surface area contributed by atoms with E-state index >= 15 is 0 Å². The SMILES string of the molecule is CN=C(NCC(=O)Nc1cccc(F)c1)NCC(C)Oc1ccccc1C.I. The average molecular weight is 500 g/mol. The molecule has 152 valence electrons. The molecule has 1 amide bonds. The zero-order valence-electron chi connectivity index (χ0n) is 16.2. The molecule has 0 radical (unpaired) electrons. The largest absolute Gasteiger partial charge is 0.489 e. The standard InChI is InChI=1S/C20H25FN4O2.HI/c1-14-7-4-5-10-18(14)27-15(2)12-23-20(22-3)24-13-19(26)25-17-9-6-8-16(21)11-17;/h4-11,15H,12-13H2,1-3H3,(H,25,26)(H2,22,23,24);1H. The van der Waals surface area contributed by atoms with E-state index in [1.54, 1.807) is 13.1 Å². The summed E-state index contributed by atoms with van der Waals surface area (Å²) in [6, 6.07) is 13.6. The van der Waals surface area contributed by atoms with Crippen molar-refractivity contribution in [1.82, 2.24) is 10.6 Å². The Morgan fingerprint density at radius 3 is 2.61 bits per heavy atom. The molecule has 0 aliphatic carbocycles. The molecule has 0 saturated carbocycles. The third-order valence-corrected chi connectivity index (χ3v) is 3.73. The van der Waals surface area contributed by atoms with E-state index in [-0.39, 0.29) is 42.5 Å². The second-order valence-electron chi connectivity index (χ2n) is 6.06. The van der Waals surface area contributed by atoms with Crippen LogP contribution in [0, 0.1) is 12.7 Å². The Kier molecular flexibility index (Phi) is 10.3. The van der Waals surface area contributed by atoms with Gasteiger partial charge in [-0.3, -0.25) is 9.79 Å². The van der Waals surface area contributed by atoms with Crippen LogP contribution >= 0.6 is 24.0 Å². The smallest absolute Gasteiger partial charge is 0.243 e. The number of para-hydroxylation sites is 1. The number of amides is 1. The molecule has 1 atom stereocenters. The van der Waals surface area contributed by atoms with Crippen LogP contribution < -0.4 is 20.7 Å². The Morgan fingerprint density at radius 1 is 1.18 bits per heavy atom. The summed E-state index contributed by atoms with van der Waals surface area (Å²) in [5.74, 6) is 0.613. The number of carbonyl (C=O) groups excluding carboxylic acids is 1. The molecule has 0 aliphatic rings. The number of ether oxygens (including phenoxy) is 1. The fraction of sp³-hybridized carbons (Fsp3) is 0.300. The van der Waals surface area contributed by atoms with Crippen LogP contribution in [0.2, 0.25) is 0 Å². The van der Waals surface area contributed by atoms with E-state index in [4.69, 9.17) is 4.74 Å². The lowest BCUT2D eigenvalue weighted by atomic mass is 10.2. The maximum absolute atomic E-state index is 13.1. The molecule has 0 heterocycles. The number of rotatable bonds is 7. The number of hydrogen-bond acceptors (Lipinski definition) is 3. The molecule has 0 fully saturated rings. The number of hydrogen-bond donors (Lipinski definition) is 3. The Morgan fingerprint density at radius 2 is 1.93 bits per heavy atom. The Labute approximate surface area is 182 Å². The predicted octanol–water partition coefficient (Wildman–Crippen LogP) is 3.32. The molecule has 28 heavy (non-hydrogen) atoms. The third kappa shape index (κ3) is 8.12. The lowest BCUT2D eigenvalue weighted by Crippen LogP contribution is -2.44. The van der Waals surface area contributed by atoms with Crippen LogP contribution in [-0.2, 0) is 4.79 Å². The van der Waals surface area contributed by atoms with E-state index < -0.39 is 5.82 Å². The number of carbonyl (C=O) groups is 1. The Balaban J connectivity index is 0.00000392. The molecule has 0 aromatic heterocycles. The van der Waals surface area contributed by atoms with Crippen molar-refractivity contribution >= 4 is 41.5 Å². The molecule has 2 aromatic rings. The van der Waals surface area contributed by atoms with Crippen molar-refractivity contribution in [2.75, 3.05) is 25.5 Å². The molecule has 0 spiro atoms. The van der Waals surface area contributed by atoms with Crippen LogP contribution in [0.3, 0.4) is 0 Å². The third-order valence-electron chi connectivity index (χ3n) is 3.73. The van der Waals surface area contributed by atoms with E-state index in [1.165, 1.54) is 18.2 Å². The molecule has 2 aromatic carbocycles. The first kappa shape index (κ1) is 23.7. The van der Waals surface area contributed by atoms with Crippen LogP contribution in [0.4, 0.5) is 10.1 Å². The lowest BCUT2D eigenvalue weighted by molar-refractivity contribution is -0.115. The normalized spacial score (nSPS) is 11.8. The minimum absolute atomic E-state index is 0. The summed E-state index contributed by atoms with van der Waals surface area (Å²) in [6.45, 7) is 4.46. The van der Waals surface area contributed by atoms with Gasteiger partial charge in [0.15, 0.2) is 5.96 Å². The van der Waals surface area contributed by atoms with Gasteiger partial charge in [0.25, 0.3) is 0 Å². The van der Waals surface area contributed by atoms with Gasteiger partial charge in [-0.05, 0) is 43.7 Å². The zero-order chi connectivity index (χ0) is 19.6. The van der Waals surface area contributed by atoms with Crippen LogP contribution in [-0.4, -0.2) is 38.1 Å². The van der Waals surface area contributed by atoms with Gasteiger partial charge in [0.1, 0.15) is 17.7 Å². The average Bonchev–Trinajstić information content (AvgIpc) is 2.64. The minimum atomic E-state index is -0.402. The second kappa shape index (κ2) is 12.2. The summed E-state index contributed by atoms with van der Waals surface area (Å²) in [6.07, 6.45) is -0.0919. The quantitative estimate of drug-likeness (QED) is 0.310. The molecule has 0 bridgehead atoms. The van der Waals surface area contributed by atoms with Gasteiger partial charge in [0.2, 0.25) is 5.91 Å². The first-order valence-electron chi connectivity index (χ1n) is 8.70. The van der Waals surface area contributed by atoms with Crippen molar-refractivity contribution in [3.8, 4) is 5.75 Å². The van der Waals surface area contributed by atoms with Gasteiger partial charge in [-0.1, -0.05) is 24.3 Å². The molecule has 0 saturated heterocycles. The predicted molar refractivity (Wildman–Crippen MR) is 121 cm³/mol. The van der Waals surface area contributed by atoms with Crippen molar-refractivity contribution < 1.29 is 13.9 Å². The first-order chi connectivity index (χ1) is 13.0. The number of anilines is 1. The van der Waals surface area contributed by atoms with E-state index in [2.05, 4.69) is 20.9 Å². The number of aliphatic imine (C=N–C) groups is 1. The number of benzene rings is 2. The number of guanidine groups is 1. The Hall–Kier alpha value is -2.36. The summed E-state index contributed by atoms with van der Waals surface area (Å²) < 4.78 is 19.0. The maximum atomic E-state index is 13.1. The van der Waals surface area contributed by atoms with Crippen LogP contribution in [0.5, 0.6) is 5.75 Å². The molecule has 2 rings (SSSR count). The van der Waals surface area contributed by atoms with Gasteiger partial charge in [-0.2, -0.15) is 0 Å². The number of halogens is 2. The van der Waals surface area contributed by atoms with Crippen molar-refractivity contribution in [3.05, 3.63) is 59.9 Å². The minimum Gasteiger partial charge on any atom is -0.489 e. The van der Waals surface area contributed by atoms with Gasteiger partial charge < -0.3 is 20.7 Å². The zero-order valence-corrected chi connectivity index (χ0v) is 18.5. The van der Waals surface area contributed by atoms with E-state index in [0.29, 0.717) is 18.2 Å². The number of aryl methyl sites for hydroxylation is 1. The summed E-state index contributed by atoms with van der Waals surface area (Å²) in [4.78, 5) is 16.0. The van der Waals surface area contributed by atoms with Crippen molar-refractivity contribution in [1.29, 1.82) is 0 Å². The highest BCUT2D eigenvalue weighted by molar-refractivity contribution is 14.0. The van der Waals surface area contributed by atoms with Gasteiger partial charge >= 0.3 is 0 Å². The van der Waals surface area contributed by atoms with Crippen LogP contribution in [0.1, 0.15) is 12.5 Å². The Bertz CT molecular complexity index is 801. The number of nitrogens with zero attached hydrogens (tertiary/aromatic N) is 1. The van der Waals surface area contributed by atoms with Gasteiger partial charge in [-0.15, -0.1) is 24.0 Å². The molecule has 6 nitrogen and oxygen atoms in total. The lowest BCUT2D eigenvalue weighted by Gasteiger charge is -2.18. The van der Waals surface area contributed by atoms with Crippen LogP contribution in [0.25, 0.3) is 0 Å². The fourth-order valence-corrected chi connectivity index (χ4v) is 2.34. The monoisotopic (exact) mass is 500 g/mol. The molecule has 8 heteroatoms. The summed E-state index contributed by atoms with van der Waals surface area (Å²) in [7, 11) is 1.62. The summed E-state index contributed by atoms with van der Waals surface area (Å²) >= 11 is 0. The maximum Gasteiger partial charge on any atom is 0.243 e. The summed E-state index contributed by atoms with van der Waals surface area (Å²) in [5.41, 5.74) is 1.48. The van der Waals surface area contributed by atoms with E-state index in [9.17, 15) is 9.18 Å². The van der Waals surface area contributed by atoms with Gasteiger partial charge in [0, 0.05) is 12.7 Å². The van der Waals surface area contributed by atoms with Crippen molar-refractivity contribution in [2.24, 2.45) is 4.99 Å². The molecular weight excluding hydrogens is 474 g/mol. The summed E-state index contributed by atoms with van der Waals surface area (Å²) in [5, 5.41) is 8.64. The highest BCUT2D eigenvalue weighted by atomic mass is 127. The number of nitrogens with one attached hydrogen (secondary N) is 3. The van der Waals surface area contributed by atoms with Gasteiger partial charge in [-0.25, -0.2) is 4.39 Å². The molecule has 3 N–H and O–H groups in total. The fourth-order valence-electron chi connectivity index (χ4n) is 2.34.